The number of esters is 1. The van der Waals surface area contributed by atoms with Gasteiger partial charge in [0.25, 0.3) is 5.91 Å². The van der Waals surface area contributed by atoms with Gasteiger partial charge < -0.3 is 40.1 Å². The Morgan fingerprint density at radius 1 is 1.02 bits per heavy atom. The summed E-state index contributed by atoms with van der Waals surface area (Å²) in [5.74, 6) is -0.138. The highest BCUT2D eigenvalue weighted by atomic mass is 35.5. The molecule has 3 saturated heterocycles. The second-order valence-corrected chi connectivity index (χ2v) is 17.5. The molecule has 3 fully saturated rings. The molecule has 0 bridgehead atoms. The number of rotatable bonds is 15. The molecule has 0 radical (unpaired) electrons. The normalized spacial score (nSPS) is 19.1. The van der Waals surface area contributed by atoms with Crippen LogP contribution in [0.3, 0.4) is 0 Å². The zero-order valence-corrected chi connectivity index (χ0v) is 36.4. The zero-order valence-electron chi connectivity index (χ0n) is 35.6. The largest absolute Gasteiger partial charge is 0.465 e. The smallest absolute Gasteiger partial charge is 0.418 e. The highest BCUT2D eigenvalue weighted by Crippen LogP contribution is 2.38. The molecule has 62 heavy (non-hydrogen) atoms. The number of carbonyl (C=O) groups excluding carboxylic acids is 5. The molecule has 1 unspecified atom stereocenters. The summed E-state index contributed by atoms with van der Waals surface area (Å²) in [4.78, 5) is 73.7. The molecular formula is C44H59ClF3N7O7. The second-order valence-electron chi connectivity index (χ2n) is 17.1. The number of hydrogen-bond donors (Lipinski definition) is 2. The Labute approximate surface area is 366 Å². The predicted octanol–water partition coefficient (Wildman–Crippen LogP) is 6.64. The number of piperidine rings is 3. The topological polar surface area (TPSA) is 158 Å². The lowest BCUT2D eigenvalue weighted by atomic mass is 9.83. The summed E-state index contributed by atoms with van der Waals surface area (Å²) in [6.07, 6.45) is -0.994. The lowest BCUT2D eigenvalue weighted by Gasteiger charge is -2.40. The first-order chi connectivity index (χ1) is 29.6. The fourth-order valence-electron chi connectivity index (χ4n) is 8.93. The minimum absolute atomic E-state index is 0.0316. The van der Waals surface area contributed by atoms with E-state index in [4.69, 9.17) is 26.8 Å². The van der Waals surface area contributed by atoms with Gasteiger partial charge in [-0.3, -0.25) is 19.3 Å². The number of likely N-dealkylation sites (tertiary alicyclic amines) is 3. The number of nitrogens with two attached hydrogens (primary N) is 1. The third-order valence-electron chi connectivity index (χ3n) is 12.8. The molecule has 5 amide bonds. The quantitative estimate of drug-likeness (QED) is 0.114. The van der Waals surface area contributed by atoms with Crippen molar-refractivity contribution in [3.63, 3.8) is 0 Å². The van der Waals surface area contributed by atoms with Crippen molar-refractivity contribution < 1.29 is 46.6 Å². The number of nitrogen functional groups attached to an aromatic ring is 1. The highest BCUT2D eigenvalue weighted by Gasteiger charge is 2.38. The lowest BCUT2D eigenvalue weighted by Crippen LogP contribution is -2.52. The van der Waals surface area contributed by atoms with Crippen molar-refractivity contribution in [3.05, 3.63) is 58.1 Å². The summed E-state index contributed by atoms with van der Waals surface area (Å²) < 4.78 is 53.0. The summed E-state index contributed by atoms with van der Waals surface area (Å²) in [6.45, 7) is 6.64. The molecule has 4 heterocycles. The van der Waals surface area contributed by atoms with Crippen LogP contribution in [0.4, 0.5) is 34.1 Å². The van der Waals surface area contributed by atoms with Crippen LogP contribution >= 0.6 is 11.6 Å². The average molecular weight is 890 g/mol. The molecule has 0 spiro atoms. The van der Waals surface area contributed by atoms with Crippen LogP contribution in [0.2, 0.25) is 5.02 Å². The number of carbonyl (C=O) groups is 5. The van der Waals surface area contributed by atoms with Gasteiger partial charge in [-0.1, -0.05) is 36.7 Å². The minimum atomic E-state index is -4.81. The fraction of sp³-hybridized carbons (Fsp3) is 0.614. The maximum absolute atomic E-state index is 14.1. The Bertz CT molecular complexity index is 1920. The molecule has 18 heteroatoms. The number of anilines is 2. The summed E-state index contributed by atoms with van der Waals surface area (Å²) in [5.41, 5.74) is 5.69. The van der Waals surface area contributed by atoms with E-state index in [2.05, 4.69) is 17.1 Å². The van der Waals surface area contributed by atoms with Crippen molar-refractivity contribution in [2.24, 2.45) is 11.8 Å². The number of ether oxygens (including phenoxy) is 2. The van der Waals surface area contributed by atoms with E-state index in [-0.39, 0.29) is 73.1 Å². The molecule has 2 aromatic carbocycles. The van der Waals surface area contributed by atoms with Gasteiger partial charge in [0.05, 0.1) is 29.4 Å². The molecule has 2 aromatic rings. The van der Waals surface area contributed by atoms with Crippen LogP contribution in [0.25, 0.3) is 0 Å². The van der Waals surface area contributed by atoms with E-state index in [1.165, 1.54) is 15.9 Å². The Balaban J connectivity index is 1.00. The van der Waals surface area contributed by atoms with Crippen molar-refractivity contribution in [1.82, 2.24) is 24.5 Å². The number of nitrogens with one attached hydrogen (secondary N) is 1. The van der Waals surface area contributed by atoms with Gasteiger partial charge in [0, 0.05) is 70.9 Å². The number of likely N-dealkylation sites (N-methyl/N-ethyl adjacent to an activating group) is 1. The van der Waals surface area contributed by atoms with Crippen LogP contribution in [-0.4, -0.2) is 133 Å². The number of amides is 5. The number of para-hydroxylation sites is 1. The molecule has 340 valence electrons. The monoisotopic (exact) mass is 889 g/mol. The molecule has 0 aliphatic carbocycles. The molecule has 0 saturated carbocycles. The maximum atomic E-state index is 14.1. The first kappa shape index (κ1) is 46.7. The minimum Gasteiger partial charge on any atom is -0.465 e. The Hall–Kier alpha value is -4.77. The van der Waals surface area contributed by atoms with Crippen molar-refractivity contribution in [2.45, 2.75) is 96.0 Å². The van der Waals surface area contributed by atoms with Crippen LogP contribution < -0.4 is 11.1 Å². The number of fused-ring (bicyclic) bond motifs is 1. The van der Waals surface area contributed by atoms with Gasteiger partial charge in [-0.05, 0) is 106 Å². The number of benzene rings is 2. The molecule has 3 N–H and O–H groups in total. The van der Waals surface area contributed by atoms with Crippen LogP contribution in [0.5, 0.6) is 0 Å². The van der Waals surface area contributed by atoms with E-state index in [0.29, 0.717) is 57.7 Å². The zero-order chi connectivity index (χ0) is 44.6. The fourth-order valence-corrected chi connectivity index (χ4v) is 9.17. The van der Waals surface area contributed by atoms with Gasteiger partial charge in [-0.15, -0.1) is 0 Å². The third-order valence-corrected chi connectivity index (χ3v) is 13.1. The molecule has 6 rings (SSSR count). The van der Waals surface area contributed by atoms with Gasteiger partial charge >= 0.3 is 24.3 Å². The molecule has 4 aliphatic rings. The van der Waals surface area contributed by atoms with E-state index >= 15 is 0 Å². The maximum Gasteiger partial charge on any atom is 0.418 e. The average Bonchev–Trinajstić information content (AvgIpc) is 3.25. The first-order valence-electron chi connectivity index (χ1n) is 21.7. The Kier molecular flexibility index (Phi) is 15.9. The van der Waals surface area contributed by atoms with Crippen LogP contribution in [0, 0.1) is 11.8 Å². The first-order valence-corrected chi connectivity index (χ1v) is 22.1. The van der Waals surface area contributed by atoms with Gasteiger partial charge in [0.2, 0.25) is 5.91 Å². The number of halogens is 4. The van der Waals surface area contributed by atoms with Gasteiger partial charge in [0.1, 0.15) is 0 Å². The summed E-state index contributed by atoms with van der Waals surface area (Å²) in [5, 5.41) is 2.59. The highest BCUT2D eigenvalue weighted by molar-refractivity contribution is 6.33. The van der Waals surface area contributed by atoms with Crippen LogP contribution in [0.15, 0.2) is 36.4 Å². The number of hydrogen-bond acceptors (Lipinski definition) is 9. The SMILES string of the molecule is CC(CCN(C)C(=O)[C@@H](Cc1cc(Cl)c(N)c(C(F)(F)F)c1)OC(=O)N1CCC(N2Cc3ccccc3NC2=O)CC1)C1CCN(CC(=O)OCCCN2CCCCC2=O)CC1. The predicted molar refractivity (Wildman–Crippen MR) is 227 cm³/mol. The molecule has 4 aliphatic heterocycles. The van der Waals surface area contributed by atoms with E-state index < -0.39 is 35.5 Å². The summed E-state index contributed by atoms with van der Waals surface area (Å²) in [6, 6.07) is 9.28. The van der Waals surface area contributed by atoms with Crippen molar-refractivity contribution >= 4 is 52.9 Å². The molecule has 14 nitrogen and oxygen atoms in total. The van der Waals surface area contributed by atoms with E-state index in [1.807, 2.05) is 29.2 Å². The third kappa shape index (κ3) is 12.2. The summed E-state index contributed by atoms with van der Waals surface area (Å²) >= 11 is 6.13. The van der Waals surface area contributed by atoms with Crippen LogP contribution in [-0.2, 0) is 43.0 Å². The number of nitrogens with zero attached hydrogens (tertiary/aromatic N) is 5. The van der Waals surface area contributed by atoms with E-state index in [1.54, 1.807) is 11.9 Å². The van der Waals surface area contributed by atoms with Gasteiger partial charge in [-0.2, -0.15) is 13.2 Å². The number of alkyl halides is 3. The Morgan fingerprint density at radius 3 is 2.45 bits per heavy atom. The van der Waals surface area contributed by atoms with Crippen LogP contribution in [0.1, 0.15) is 81.4 Å². The lowest BCUT2D eigenvalue weighted by molar-refractivity contribution is -0.145. The summed E-state index contributed by atoms with van der Waals surface area (Å²) in [7, 11) is 1.58. The second kappa shape index (κ2) is 21.1. The van der Waals surface area contributed by atoms with Crippen molar-refractivity contribution in [2.75, 3.05) is 77.1 Å². The Morgan fingerprint density at radius 2 is 1.74 bits per heavy atom. The van der Waals surface area contributed by atoms with Crippen molar-refractivity contribution in [1.29, 1.82) is 0 Å². The van der Waals surface area contributed by atoms with Gasteiger partial charge in [-0.25, -0.2) is 9.59 Å². The van der Waals surface area contributed by atoms with Gasteiger partial charge in [0.15, 0.2) is 6.10 Å². The molecular weight excluding hydrogens is 831 g/mol. The molecule has 2 atom stereocenters. The van der Waals surface area contributed by atoms with Crippen molar-refractivity contribution in [3.8, 4) is 0 Å². The molecule has 0 aromatic heterocycles. The standard InChI is InChI=1S/C44H59ClF3N7O7/c1-29(31-12-19-52(20-13-31)28-39(57)61-23-7-17-53-16-6-5-10-38(53)56)11-18-51(2)41(58)37(26-30-24-34(44(46,47)48)40(49)35(45)25-30)62-43(60)54-21-14-33(15-22-54)55-27-32-8-3-4-9-36(32)50-42(55)59/h3-4,8-9,24-25,29,31,33,37H,5-7,10-23,26-28,49H2,1-2H3,(H,50,59)/t29?,37-/m1/s1. The number of urea groups is 1. The van der Waals surface area contributed by atoms with E-state index in [0.717, 1.165) is 62.6 Å². The van der Waals surface area contributed by atoms with E-state index in [9.17, 15) is 37.1 Å².